The average molecular weight is 352 g/mol. The maximum atomic E-state index is 12.5. The van der Waals surface area contributed by atoms with Crippen molar-refractivity contribution in [1.29, 1.82) is 5.41 Å². The number of nitrogens with one attached hydrogen (secondary N) is 2. The van der Waals surface area contributed by atoms with Gasteiger partial charge in [-0.2, -0.15) is 0 Å². The van der Waals surface area contributed by atoms with Gasteiger partial charge in [0.05, 0.1) is 6.10 Å². The molecule has 0 spiro atoms. The van der Waals surface area contributed by atoms with Crippen molar-refractivity contribution >= 4 is 34.3 Å². The van der Waals surface area contributed by atoms with Crippen LogP contribution in [0, 0.1) is 11.3 Å². The smallest absolute Gasteiger partial charge is 0.228 e. The van der Waals surface area contributed by atoms with Gasteiger partial charge in [0.25, 0.3) is 0 Å². The Balaban J connectivity index is 1.76. The molecule has 6 heteroatoms. The predicted molar refractivity (Wildman–Crippen MR) is 104 cm³/mol. The molecule has 1 aliphatic carbocycles. The van der Waals surface area contributed by atoms with Crippen molar-refractivity contribution in [2.45, 2.75) is 31.8 Å². The van der Waals surface area contributed by atoms with Crippen LogP contribution in [0.4, 0.5) is 5.82 Å². The Morgan fingerprint density at radius 1 is 1.27 bits per heavy atom. The summed E-state index contributed by atoms with van der Waals surface area (Å²) in [6.07, 6.45) is 8.16. The van der Waals surface area contributed by atoms with Crippen LogP contribution in [-0.4, -0.2) is 30.3 Å². The zero-order chi connectivity index (χ0) is 18.5. The molecule has 0 atom stereocenters. The third kappa shape index (κ3) is 3.91. The standard InChI is InChI=1S/C20H24N4O2/c1-26-18-6-4-13(5-7-18)20(25)24-19-9-16-8-14(17(10-21)11-22)2-3-15(16)12-23-19/h2-3,8-13,18,21H,4-7,22H2,1H3,(H,23,24,25)/b17-11+,21-10?. The quantitative estimate of drug-likeness (QED) is 0.718. The molecular weight excluding hydrogens is 328 g/mol. The number of allylic oxidation sites excluding steroid dienone is 1. The summed E-state index contributed by atoms with van der Waals surface area (Å²) in [7, 11) is 1.72. The van der Waals surface area contributed by atoms with E-state index in [1.165, 1.54) is 12.4 Å². The lowest BCUT2D eigenvalue weighted by molar-refractivity contribution is -0.121. The Bertz CT molecular complexity index is 839. The van der Waals surface area contributed by atoms with Crippen molar-refractivity contribution in [1.82, 2.24) is 4.98 Å². The number of rotatable bonds is 5. The van der Waals surface area contributed by atoms with Crippen molar-refractivity contribution in [3.05, 3.63) is 42.2 Å². The summed E-state index contributed by atoms with van der Waals surface area (Å²) >= 11 is 0. The predicted octanol–water partition coefficient (Wildman–Crippen LogP) is 3.33. The minimum Gasteiger partial charge on any atom is -0.404 e. The monoisotopic (exact) mass is 352 g/mol. The zero-order valence-corrected chi connectivity index (χ0v) is 14.9. The molecule has 4 N–H and O–H groups in total. The Kier molecular flexibility index (Phi) is 5.63. The van der Waals surface area contributed by atoms with Crippen LogP contribution in [0.2, 0.25) is 0 Å². The number of hydrogen-bond acceptors (Lipinski definition) is 5. The number of benzene rings is 1. The second-order valence-electron chi connectivity index (χ2n) is 6.60. The van der Waals surface area contributed by atoms with Gasteiger partial charge in [0.2, 0.25) is 5.91 Å². The summed E-state index contributed by atoms with van der Waals surface area (Å²) in [6.45, 7) is 0. The molecule has 0 radical (unpaired) electrons. The highest BCUT2D eigenvalue weighted by Crippen LogP contribution is 2.27. The Hall–Kier alpha value is -2.73. The first kappa shape index (κ1) is 18.1. The van der Waals surface area contributed by atoms with E-state index in [2.05, 4.69) is 10.3 Å². The van der Waals surface area contributed by atoms with E-state index in [1.807, 2.05) is 24.3 Å². The lowest BCUT2D eigenvalue weighted by atomic mass is 9.87. The highest BCUT2D eigenvalue weighted by atomic mass is 16.5. The van der Waals surface area contributed by atoms with Crippen LogP contribution < -0.4 is 11.1 Å². The number of methoxy groups -OCH3 is 1. The molecule has 1 aromatic heterocycles. The van der Waals surface area contributed by atoms with Gasteiger partial charge >= 0.3 is 0 Å². The fourth-order valence-corrected chi connectivity index (χ4v) is 3.41. The van der Waals surface area contributed by atoms with E-state index >= 15 is 0 Å². The first-order valence-corrected chi connectivity index (χ1v) is 8.80. The molecule has 3 rings (SSSR count). The van der Waals surface area contributed by atoms with Gasteiger partial charge < -0.3 is 21.2 Å². The van der Waals surface area contributed by atoms with Gasteiger partial charge in [-0.05, 0) is 48.8 Å². The third-order valence-corrected chi connectivity index (χ3v) is 5.02. The molecule has 1 amide bonds. The molecule has 2 aromatic rings. The zero-order valence-electron chi connectivity index (χ0n) is 14.9. The van der Waals surface area contributed by atoms with E-state index < -0.39 is 0 Å². The van der Waals surface area contributed by atoms with Crippen molar-refractivity contribution < 1.29 is 9.53 Å². The van der Waals surface area contributed by atoms with Crippen LogP contribution in [-0.2, 0) is 9.53 Å². The van der Waals surface area contributed by atoms with Crippen molar-refractivity contribution in [3.8, 4) is 0 Å². The number of amides is 1. The summed E-state index contributed by atoms with van der Waals surface area (Å²) in [5, 5.41) is 12.3. The SMILES string of the molecule is COC1CCC(C(=O)Nc2cc3cc(/C(C=N)=C/N)ccc3cn2)CC1. The van der Waals surface area contributed by atoms with Gasteiger partial charge in [0, 0.05) is 42.6 Å². The molecule has 1 aliphatic rings. The Morgan fingerprint density at radius 2 is 2.04 bits per heavy atom. The summed E-state index contributed by atoms with van der Waals surface area (Å²) in [5.74, 6) is 0.571. The van der Waals surface area contributed by atoms with Crippen LogP contribution in [0.25, 0.3) is 16.3 Å². The molecule has 0 bridgehead atoms. The largest absolute Gasteiger partial charge is 0.404 e. The lowest BCUT2D eigenvalue weighted by Gasteiger charge is -2.26. The number of carbonyl (C=O) groups is 1. The van der Waals surface area contributed by atoms with Crippen LogP contribution in [0.5, 0.6) is 0 Å². The number of ether oxygens (including phenoxy) is 1. The molecule has 1 aromatic carbocycles. The lowest BCUT2D eigenvalue weighted by Crippen LogP contribution is -2.29. The minimum atomic E-state index is 0.00919. The van der Waals surface area contributed by atoms with Crippen molar-refractivity contribution in [2.75, 3.05) is 12.4 Å². The molecule has 0 aliphatic heterocycles. The molecule has 136 valence electrons. The van der Waals surface area contributed by atoms with Crippen molar-refractivity contribution in [2.24, 2.45) is 11.7 Å². The summed E-state index contributed by atoms with van der Waals surface area (Å²) < 4.78 is 5.36. The Morgan fingerprint density at radius 3 is 2.69 bits per heavy atom. The first-order chi connectivity index (χ1) is 12.6. The van der Waals surface area contributed by atoms with E-state index in [1.54, 1.807) is 13.3 Å². The highest BCUT2D eigenvalue weighted by molar-refractivity contribution is 6.09. The average Bonchev–Trinajstić information content (AvgIpc) is 2.68. The van der Waals surface area contributed by atoms with E-state index in [-0.39, 0.29) is 17.9 Å². The van der Waals surface area contributed by atoms with E-state index in [0.717, 1.165) is 42.0 Å². The number of pyridine rings is 1. The van der Waals surface area contributed by atoms with E-state index in [4.69, 9.17) is 15.9 Å². The minimum absolute atomic E-state index is 0.00919. The summed E-state index contributed by atoms with van der Waals surface area (Å²) in [6, 6.07) is 7.64. The Labute approximate surface area is 153 Å². The van der Waals surface area contributed by atoms with Gasteiger partial charge in [-0.3, -0.25) is 4.79 Å². The number of hydrogen-bond donors (Lipinski definition) is 3. The summed E-state index contributed by atoms with van der Waals surface area (Å²) in [4.78, 5) is 16.9. The van der Waals surface area contributed by atoms with Crippen LogP contribution in [0.15, 0.2) is 36.7 Å². The number of anilines is 1. The highest BCUT2D eigenvalue weighted by Gasteiger charge is 2.26. The van der Waals surface area contributed by atoms with E-state index in [0.29, 0.717) is 11.4 Å². The third-order valence-electron chi connectivity index (χ3n) is 5.02. The second-order valence-corrected chi connectivity index (χ2v) is 6.60. The number of carbonyl (C=O) groups excluding carboxylic acids is 1. The fourth-order valence-electron chi connectivity index (χ4n) is 3.41. The molecule has 1 heterocycles. The van der Waals surface area contributed by atoms with Gasteiger partial charge in [-0.25, -0.2) is 4.98 Å². The number of nitrogens with two attached hydrogens (primary N) is 1. The fraction of sp³-hybridized carbons (Fsp3) is 0.350. The van der Waals surface area contributed by atoms with Crippen LogP contribution >= 0.6 is 0 Å². The van der Waals surface area contributed by atoms with Gasteiger partial charge in [0.15, 0.2) is 0 Å². The van der Waals surface area contributed by atoms with Crippen molar-refractivity contribution in [3.63, 3.8) is 0 Å². The van der Waals surface area contributed by atoms with Crippen LogP contribution in [0.3, 0.4) is 0 Å². The van der Waals surface area contributed by atoms with Gasteiger partial charge in [-0.1, -0.05) is 12.1 Å². The normalized spacial score (nSPS) is 20.7. The van der Waals surface area contributed by atoms with Gasteiger partial charge in [-0.15, -0.1) is 0 Å². The maximum absolute atomic E-state index is 12.5. The second kappa shape index (κ2) is 8.10. The first-order valence-electron chi connectivity index (χ1n) is 8.80. The molecule has 1 saturated carbocycles. The number of fused-ring (bicyclic) bond motifs is 1. The maximum Gasteiger partial charge on any atom is 0.228 e. The molecule has 26 heavy (non-hydrogen) atoms. The molecule has 0 unspecified atom stereocenters. The summed E-state index contributed by atoms with van der Waals surface area (Å²) in [5.41, 5.74) is 7.07. The number of aromatic nitrogens is 1. The molecule has 0 saturated heterocycles. The van der Waals surface area contributed by atoms with Gasteiger partial charge in [0.1, 0.15) is 5.82 Å². The van der Waals surface area contributed by atoms with Crippen LogP contribution in [0.1, 0.15) is 31.2 Å². The molecular formula is C20H24N4O2. The molecule has 6 nitrogen and oxygen atoms in total. The van der Waals surface area contributed by atoms with E-state index in [9.17, 15) is 4.79 Å². The topological polar surface area (TPSA) is 101 Å². The molecule has 1 fully saturated rings. The number of nitrogens with zero attached hydrogens (tertiary/aromatic N) is 1.